The standard InChI is InChI=1S/C14H15NO2/c1-10-4-5-11(2)15(10)13-6-8-14(9-7-13)17-12(3)16/h4-9H,1-3H3. The van der Waals surface area contributed by atoms with E-state index in [9.17, 15) is 4.79 Å². The zero-order valence-electron chi connectivity index (χ0n) is 10.2. The van der Waals surface area contributed by atoms with Crippen LogP contribution in [0.25, 0.3) is 5.69 Å². The third kappa shape index (κ3) is 2.38. The molecule has 0 unspecified atom stereocenters. The molecule has 0 amide bonds. The van der Waals surface area contributed by atoms with Crippen LogP contribution in [0.1, 0.15) is 18.3 Å². The maximum Gasteiger partial charge on any atom is 0.308 e. The van der Waals surface area contributed by atoms with Crippen LogP contribution in [0, 0.1) is 13.8 Å². The number of esters is 1. The van der Waals surface area contributed by atoms with Crippen LogP contribution in [-0.4, -0.2) is 10.5 Å². The van der Waals surface area contributed by atoms with Crippen molar-refractivity contribution in [3.05, 3.63) is 47.8 Å². The van der Waals surface area contributed by atoms with E-state index >= 15 is 0 Å². The molecule has 0 aliphatic rings. The summed E-state index contributed by atoms with van der Waals surface area (Å²) in [5.74, 6) is 0.273. The van der Waals surface area contributed by atoms with E-state index in [1.807, 2.05) is 12.1 Å². The Morgan fingerprint density at radius 1 is 1.00 bits per heavy atom. The molecular formula is C14H15NO2. The summed E-state index contributed by atoms with van der Waals surface area (Å²) in [5.41, 5.74) is 3.44. The molecule has 0 fully saturated rings. The van der Waals surface area contributed by atoms with Crippen LogP contribution >= 0.6 is 0 Å². The molecule has 3 nitrogen and oxygen atoms in total. The molecule has 1 aromatic heterocycles. The molecule has 0 spiro atoms. The highest BCUT2D eigenvalue weighted by Gasteiger charge is 2.04. The van der Waals surface area contributed by atoms with Crippen molar-refractivity contribution in [2.45, 2.75) is 20.8 Å². The summed E-state index contributed by atoms with van der Waals surface area (Å²) < 4.78 is 7.15. The topological polar surface area (TPSA) is 31.2 Å². The minimum atomic E-state index is -0.300. The predicted octanol–water partition coefficient (Wildman–Crippen LogP) is 3.02. The Balaban J connectivity index is 2.33. The maximum atomic E-state index is 10.8. The number of carbonyl (C=O) groups is 1. The van der Waals surface area contributed by atoms with E-state index in [1.165, 1.54) is 18.3 Å². The van der Waals surface area contributed by atoms with E-state index in [-0.39, 0.29) is 5.97 Å². The summed E-state index contributed by atoms with van der Waals surface area (Å²) in [5, 5.41) is 0. The summed E-state index contributed by atoms with van der Waals surface area (Å²) in [6.07, 6.45) is 0. The Morgan fingerprint density at radius 2 is 1.53 bits per heavy atom. The first-order chi connectivity index (χ1) is 8.08. The minimum absolute atomic E-state index is 0.300. The molecule has 0 saturated heterocycles. The third-order valence-electron chi connectivity index (χ3n) is 2.63. The van der Waals surface area contributed by atoms with E-state index in [4.69, 9.17) is 4.74 Å². The van der Waals surface area contributed by atoms with Crippen LogP contribution in [0.2, 0.25) is 0 Å². The molecule has 0 aliphatic carbocycles. The number of hydrogen-bond acceptors (Lipinski definition) is 2. The molecule has 3 heteroatoms. The average molecular weight is 229 g/mol. The fourth-order valence-electron chi connectivity index (χ4n) is 1.90. The van der Waals surface area contributed by atoms with Crippen molar-refractivity contribution >= 4 is 5.97 Å². The highest BCUT2D eigenvalue weighted by atomic mass is 16.5. The molecule has 2 aromatic rings. The highest BCUT2D eigenvalue weighted by molar-refractivity contribution is 5.69. The van der Waals surface area contributed by atoms with Crippen molar-refractivity contribution in [2.75, 3.05) is 0 Å². The Hall–Kier alpha value is -2.03. The Labute approximate surface area is 101 Å². The second-order valence-corrected chi connectivity index (χ2v) is 4.04. The maximum absolute atomic E-state index is 10.8. The van der Waals surface area contributed by atoms with E-state index < -0.39 is 0 Å². The molecule has 88 valence electrons. The normalized spacial score (nSPS) is 10.3. The van der Waals surface area contributed by atoms with Gasteiger partial charge in [0, 0.05) is 24.0 Å². The van der Waals surface area contributed by atoms with Gasteiger partial charge in [0.25, 0.3) is 0 Å². The number of nitrogens with zero attached hydrogens (tertiary/aromatic N) is 1. The van der Waals surface area contributed by atoms with E-state index in [2.05, 4.69) is 30.5 Å². The van der Waals surface area contributed by atoms with Crippen LogP contribution in [-0.2, 0) is 4.79 Å². The molecule has 0 atom stereocenters. The monoisotopic (exact) mass is 229 g/mol. The lowest BCUT2D eigenvalue weighted by molar-refractivity contribution is -0.131. The zero-order chi connectivity index (χ0) is 12.4. The number of benzene rings is 1. The van der Waals surface area contributed by atoms with Gasteiger partial charge in [0.1, 0.15) is 5.75 Å². The van der Waals surface area contributed by atoms with Gasteiger partial charge in [-0.25, -0.2) is 0 Å². The fraction of sp³-hybridized carbons (Fsp3) is 0.214. The first-order valence-corrected chi connectivity index (χ1v) is 5.52. The van der Waals surface area contributed by atoms with Crippen molar-refractivity contribution in [3.63, 3.8) is 0 Å². The number of aryl methyl sites for hydroxylation is 2. The number of ether oxygens (including phenoxy) is 1. The quantitative estimate of drug-likeness (QED) is 0.585. The van der Waals surface area contributed by atoms with Crippen molar-refractivity contribution in [1.29, 1.82) is 0 Å². The Kier molecular flexibility index (Phi) is 3.00. The molecule has 1 heterocycles. The van der Waals surface area contributed by atoms with Crippen molar-refractivity contribution in [3.8, 4) is 11.4 Å². The number of hydrogen-bond donors (Lipinski definition) is 0. The molecule has 17 heavy (non-hydrogen) atoms. The highest BCUT2D eigenvalue weighted by Crippen LogP contribution is 2.19. The van der Waals surface area contributed by atoms with Crippen LogP contribution in [0.4, 0.5) is 0 Å². The minimum Gasteiger partial charge on any atom is -0.427 e. The molecule has 0 bridgehead atoms. The van der Waals surface area contributed by atoms with E-state index in [1.54, 1.807) is 12.1 Å². The van der Waals surface area contributed by atoms with Gasteiger partial charge in [-0.1, -0.05) is 0 Å². The van der Waals surface area contributed by atoms with Gasteiger partial charge in [0.15, 0.2) is 0 Å². The first kappa shape index (κ1) is 11.5. The SMILES string of the molecule is CC(=O)Oc1ccc(-n2c(C)ccc2C)cc1. The number of rotatable bonds is 2. The second-order valence-electron chi connectivity index (χ2n) is 4.04. The van der Waals surface area contributed by atoms with Crippen molar-refractivity contribution < 1.29 is 9.53 Å². The predicted molar refractivity (Wildman–Crippen MR) is 66.6 cm³/mol. The molecule has 0 radical (unpaired) electrons. The molecule has 0 N–H and O–H groups in total. The third-order valence-corrected chi connectivity index (χ3v) is 2.63. The average Bonchev–Trinajstić information content (AvgIpc) is 2.59. The lowest BCUT2D eigenvalue weighted by Gasteiger charge is -2.10. The summed E-state index contributed by atoms with van der Waals surface area (Å²) in [7, 11) is 0. The van der Waals surface area contributed by atoms with Gasteiger partial charge >= 0.3 is 5.97 Å². The summed E-state index contributed by atoms with van der Waals surface area (Å²) in [4.78, 5) is 10.8. The van der Waals surface area contributed by atoms with Crippen LogP contribution in [0.15, 0.2) is 36.4 Å². The summed E-state index contributed by atoms with van der Waals surface area (Å²) in [6.45, 7) is 5.52. The van der Waals surface area contributed by atoms with Gasteiger partial charge in [0.05, 0.1) is 0 Å². The Morgan fingerprint density at radius 3 is 2.00 bits per heavy atom. The fourth-order valence-corrected chi connectivity index (χ4v) is 1.90. The van der Waals surface area contributed by atoms with Crippen molar-refractivity contribution in [2.24, 2.45) is 0 Å². The molecule has 0 aliphatic heterocycles. The van der Waals surface area contributed by atoms with Gasteiger partial charge in [0.2, 0.25) is 0 Å². The van der Waals surface area contributed by atoms with E-state index in [0.717, 1.165) is 5.69 Å². The summed E-state index contributed by atoms with van der Waals surface area (Å²) >= 11 is 0. The lowest BCUT2D eigenvalue weighted by atomic mass is 10.3. The van der Waals surface area contributed by atoms with Crippen LogP contribution in [0.5, 0.6) is 5.75 Å². The zero-order valence-corrected chi connectivity index (χ0v) is 10.2. The van der Waals surface area contributed by atoms with E-state index in [0.29, 0.717) is 5.75 Å². The lowest BCUT2D eigenvalue weighted by Crippen LogP contribution is -2.02. The van der Waals surface area contributed by atoms with Gasteiger partial charge < -0.3 is 9.30 Å². The first-order valence-electron chi connectivity index (χ1n) is 5.52. The molecule has 2 rings (SSSR count). The summed E-state index contributed by atoms with van der Waals surface area (Å²) in [6, 6.07) is 11.6. The number of aromatic nitrogens is 1. The van der Waals surface area contributed by atoms with Gasteiger partial charge in [-0.05, 0) is 50.2 Å². The van der Waals surface area contributed by atoms with Crippen LogP contribution < -0.4 is 4.74 Å². The largest absolute Gasteiger partial charge is 0.427 e. The number of carbonyl (C=O) groups excluding carboxylic acids is 1. The Bertz CT molecular complexity index is 518. The molecule has 0 saturated carbocycles. The van der Waals surface area contributed by atoms with Crippen molar-refractivity contribution in [1.82, 2.24) is 4.57 Å². The molecule has 1 aromatic carbocycles. The molecular weight excluding hydrogens is 214 g/mol. The van der Waals surface area contributed by atoms with Gasteiger partial charge in [-0.3, -0.25) is 4.79 Å². The van der Waals surface area contributed by atoms with Gasteiger partial charge in [-0.2, -0.15) is 0 Å². The van der Waals surface area contributed by atoms with Crippen LogP contribution in [0.3, 0.4) is 0 Å². The van der Waals surface area contributed by atoms with Gasteiger partial charge in [-0.15, -0.1) is 0 Å². The smallest absolute Gasteiger partial charge is 0.308 e. The second kappa shape index (κ2) is 4.45.